The average molecular weight is 849 g/mol. The Hall–Kier alpha value is -3.41. The van der Waals surface area contributed by atoms with E-state index in [9.17, 15) is 14.4 Å². The number of carbonyl (C=O) groups is 3. The van der Waals surface area contributed by atoms with Crippen molar-refractivity contribution in [2.75, 3.05) is 13.2 Å². The molecule has 6 nitrogen and oxygen atoms in total. The van der Waals surface area contributed by atoms with Crippen molar-refractivity contribution in [1.82, 2.24) is 0 Å². The van der Waals surface area contributed by atoms with Crippen LogP contribution in [-0.2, 0) is 28.6 Å². The zero-order valence-corrected chi connectivity index (χ0v) is 39.7. The highest BCUT2D eigenvalue weighted by Crippen LogP contribution is 2.13. The van der Waals surface area contributed by atoms with Gasteiger partial charge in [0, 0.05) is 19.3 Å². The predicted octanol–water partition coefficient (Wildman–Crippen LogP) is 16.4. The monoisotopic (exact) mass is 849 g/mol. The van der Waals surface area contributed by atoms with Crippen molar-refractivity contribution < 1.29 is 28.6 Å². The van der Waals surface area contributed by atoms with E-state index in [0.29, 0.717) is 19.3 Å². The largest absolute Gasteiger partial charge is 0.462 e. The molecular formula is C55H92O6. The van der Waals surface area contributed by atoms with E-state index < -0.39 is 6.10 Å². The molecule has 0 saturated heterocycles. The van der Waals surface area contributed by atoms with Crippen LogP contribution in [0.2, 0.25) is 0 Å². The van der Waals surface area contributed by atoms with Gasteiger partial charge in [-0.2, -0.15) is 0 Å². The van der Waals surface area contributed by atoms with Crippen LogP contribution >= 0.6 is 0 Å². The zero-order chi connectivity index (χ0) is 44.4. The molecule has 0 saturated carbocycles. The van der Waals surface area contributed by atoms with Crippen LogP contribution in [0.4, 0.5) is 0 Å². The number of allylic oxidation sites excluding steroid dienone is 14. The minimum atomic E-state index is -0.808. The molecule has 1 atom stereocenters. The smallest absolute Gasteiger partial charge is 0.306 e. The van der Waals surface area contributed by atoms with Gasteiger partial charge in [0.15, 0.2) is 6.10 Å². The van der Waals surface area contributed by atoms with Crippen LogP contribution in [0.5, 0.6) is 0 Å². The maximum Gasteiger partial charge on any atom is 0.306 e. The highest BCUT2D eigenvalue weighted by atomic mass is 16.6. The first kappa shape index (κ1) is 57.6. The summed E-state index contributed by atoms with van der Waals surface area (Å²) < 4.78 is 16.7. The normalized spacial score (nSPS) is 12.8. The predicted molar refractivity (Wildman–Crippen MR) is 261 cm³/mol. The van der Waals surface area contributed by atoms with Crippen molar-refractivity contribution in [3.05, 3.63) is 85.1 Å². The SMILES string of the molecule is CC/C=C\C/C=C\C/C=C\C/C=C\C/C=C\C/C=C\CCC(=O)OCC(COC(=O)CCCCCCCCCCC)OC(=O)CCCCCCC/C=C\CCCCCCCC. The Bertz CT molecular complexity index is 1200. The topological polar surface area (TPSA) is 78.9 Å². The molecule has 0 aliphatic rings. The van der Waals surface area contributed by atoms with Crippen molar-refractivity contribution in [3.63, 3.8) is 0 Å². The number of esters is 3. The summed E-state index contributed by atoms with van der Waals surface area (Å²) in [5.41, 5.74) is 0. The van der Waals surface area contributed by atoms with E-state index in [1.807, 2.05) is 6.08 Å². The summed E-state index contributed by atoms with van der Waals surface area (Å²) in [6.07, 6.45) is 62.9. The molecule has 0 aromatic rings. The maximum absolute atomic E-state index is 12.8. The molecule has 0 aliphatic carbocycles. The maximum atomic E-state index is 12.8. The second kappa shape index (κ2) is 49.2. The van der Waals surface area contributed by atoms with E-state index in [0.717, 1.165) is 89.9 Å². The molecule has 0 aromatic heterocycles. The summed E-state index contributed by atoms with van der Waals surface area (Å²) in [7, 11) is 0. The number of ether oxygens (including phenoxy) is 3. The Balaban J connectivity index is 4.47. The third-order valence-electron chi connectivity index (χ3n) is 10.4. The number of carbonyl (C=O) groups excluding carboxylic acids is 3. The molecule has 0 aliphatic heterocycles. The van der Waals surface area contributed by atoms with Crippen molar-refractivity contribution >= 4 is 17.9 Å². The first-order valence-electron chi connectivity index (χ1n) is 25.1. The van der Waals surface area contributed by atoms with Gasteiger partial charge in [0.2, 0.25) is 0 Å². The Morgan fingerprint density at radius 3 is 1.10 bits per heavy atom. The fourth-order valence-corrected chi connectivity index (χ4v) is 6.64. The van der Waals surface area contributed by atoms with Gasteiger partial charge < -0.3 is 14.2 Å². The van der Waals surface area contributed by atoms with Crippen LogP contribution in [0.1, 0.15) is 226 Å². The molecule has 0 aromatic carbocycles. The third-order valence-corrected chi connectivity index (χ3v) is 10.4. The van der Waals surface area contributed by atoms with Gasteiger partial charge in [-0.05, 0) is 83.5 Å². The quantitative estimate of drug-likeness (QED) is 0.0263. The number of unbranched alkanes of at least 4 members (excludes halogenated alkanes) is 19. The fraction of sp³-hybridized carbons (Fsp3) is 0.691. The Morgan fingerprint density at radius 2 is 0.672 bits per heavy atom. The minimum Gasteiger partial charge on any atom is -0.462 e. The Morgan fingerprint density at radius 1 is 0.344 bits per heavy atom. The molecule has 0 amide bonds. The minimum absolute atomic E-state index is 0.102. The molecule has 61 heavy (non-hydrogen) atoms. The molecule has 0 N–H and O–H groups in total. The van der Waals surface area contributed by atoms with Crippen LogP contribution in [0.25, 0.3) is 0 Å². The average Bonchev–Trinajstić information content (AvgIpc) is 3.26. The van der Waals surface area contributed by atoms with Gasteiger partial charge in [-0.15, -0.1) is 0 Å². The van der Waals surface area contributed by atoms with Crippen LogP contribution in [0, 0.1) is 0 Å². The second-order valence-corrected chi connectivity index (χ2v) is 16.3. The van der Waals surface area contributed by atoms with E-state index in [4.69, 9.17) is 14.2 Å². The Kier molecular flexibility index (Phi) is 46.5. The lowest BCUT2D eigenvalue weighted by molar-refractivity contribution is -0.166. The summed E-state index contributed by atoms with van der Waals surface area (Å²) in [5.74, 6) is -1.00. The van der Waals surface area contributed by atoms with Crippen LogP contribution in [0.3, 0.4) is 0 Å². The molecule has 6 heteroatoms. The van der Waals surface area contributed by atoms with Gasteiger partial charge in [0.05, 0.1) is 0 Å². The number of hydrogen-bond acceptors (Lipinski definition) is 6. The van der Waals surface area contributed by atoms with Gasteiger partial charge in [0.25, 0.3) is 0 Å². The molecule has 0 rings (SSSR count). The summed E-state index contributed by atoms with van der Waals surface area (Å²) in [6, 6.07) is 0. The highest BCUT2D eigenvalue weighted by molar-refractivity contribution is 5.71. The van der Waals surface area contributed by atoms with E-state index >= 15 is 0 Å². The molecule has 0 spiro atoms. The van der Waals surface area contributed by atoms with Crippen LogP contribution in [0.15, 0.2) is 85.1 Å². The zero-order valence-electron chi connectivity index (χ0n) is 39.7. The lowest BCUT2D eigenvalue weighted by atomic mass is 10.1. The molecule has 0 heterocycles. The summed E-state index contributed by atoms with van der Waals surface area (Å²) >= 11 is 0. The molecule has 0 fully saturated rings. The van der Waals surface area contributed by atoms with Gasteiger partial charge >= 0.3 is 17.9 Å². The molecular weight excluding hydrogens is 757 g/mol. The van der Waals surface area contributed by atoms with Gasteiger partial charge in [0.1, 0.15) is 13.2 Å². The summed E-state index contributed by atoms with van der Waals surface area (Å²) in [4.78, 5) is 37.8. The molecule has 348 valence electrons. The van der Waals surface area contributed by atoms with E-state index in [2.05, 4.69) is 99.8 Å². The standard InChI is InChI=1S/C55H92O6/c1-4-7-10-13-16-19-21-23-25-26-27-28-30-31-33-36-39-42-45-48-54(57)60-51-52(50-59-53(56)47-44-41-38-35-18-15-12-9-6-3)61-55(58)49-46-43-40-37-34-32-29-24-22-20-17-14-11-8-5-2/h7,10,16,19,23-25,27-29,31,33,39,42,52H,4-6,8-9,11-15,17-18,20-22,26,30,32,34-38,40-41,43-51H2,1-3H3/b10-7-,19-16-,25-23-,28-27-,29-24-,33-31-,42-39-. The lowest BCUT2D eigenvalue weighted by Crippen LogP contribution is -2.30. The highest BCUT2D eigenvalue weighted by Gasteiger charge is 2.19. The first-order chi connectivity index (χ1) is 30.0. The summed E-state index contributed by atoms with van der Waals surface area (Å²) in [6.45, 7) is 6.42. The fourth-order valence-electron chi connectivity index (χ4n) is 6.64. The van der Waals surface area contributed by atoms with Gasteiger partial charge in [-0.25, -0.2) is 0 Å². The van der Waals surface area contributed by atoms with E-state index in [1.165, 1.54) is 89.9 Å². The van der Waals surface area contributed by atoms with Crippen molar-refractivity contribution in [2.24, 2.45) is 0 Å². The Labute approximate surface area is 375 Å². The van der Waals surface area contributed by atoms with Crippen molar-refractivity contribution in [1.29, 1.82) is 0 Å². The van der Waals surface area contributed by atoms with Crippen LogP contribution in [-0.4, -0.2) is 37.2 Å². The molecule has 0 radical (unpaired) electrons. The number of rotatable bonds is 44. The molecule has 0 bridgehead atoms. The van der Waals surface area contributed by atoms with E-state index in [1.54, 1.807) is 0 Å². The first-order valence-corrected chi connectivity index (χ1v) is 25.1. The van der Waals surface area contributed by atoms with Gasteiger partial charge in [-0.3, -0.25) is 14.4 Å². The number of hydrogen-bond donors (Lipinski definition) is 0. The molecule has 1 unspecified atom stereocenters. The second-order valence-electron chi connectivity index (χ2n) is 16.3. The van der Waals surface area contributed by atoms with Gasteiger partial charge in [-0.1, -0.05) is 209 Å². The van der Waals surface area contributed by atoms with Crippen molar-refractivity contribution in [3.8, 4) is 0 Å². The van der Waals surface area contributed by atoms with Crippen molar-refractivity contribution in [2.45, 2.75) is 232 Å². The van der Waals surface area contributed by atoms with E-state index in [-0.39, 0.29) is 37.5 Å². The lowest BCUT2D eigenvalue weighted by Gasteiger charge is -2.18. The van der Waals surface area contributed by atoms with Crippen LogP contribution < -0.4 is 0 Å². The third kappa shape index (κ3) is 47.5. The summed E-state index contributed by atoms with van der Waals surface area (Å²) in [5, 5.41) is 0.